The van der Waals surface area contributed by atoms with Gasteiger partial charge in [0.1, 0.15) is 0 Å². The number of hydrogen-bond donors (Lipinski definition) is 1. The number of rotatable bonds is 6. The molecule has 1 amide bonds. The Morgan fingerprint density at radius 3 is 3.04 bits per heavy atom. The fourth-order valence-electron chi connectivity index (χ4n) is 3.13. The van der Waals surface area contributed by atoms with Crippen LogP contribution in [0.5, 0.6) is 0 Å². The maximum absolute atomic E-state index is 12.3. The Labute approximate surface area is 140 Å². The number of hydrogen-bond acceptors (Lipinski definition) is 6. The number of furan rings is 1. The zero-order chi connectivity index (χ0) is 16.4. The first kappa shape index (κ1) is 15.4. The molecule has 1 N–H and O–H groups in total. The maximum Gasteiger partial charge on any atom is 0.283 e. The number of amides is 1. The molecule has 0 unspecified atom stereocenters. The molecule has 7 heteroatoms. The van der Waals surface area contributed by atoms with Crippen molar-refractivity contribution in [1.29, 1.82) is 0 Å². The summed E-state index contributed by atoms with van der Waals surface area (Å²) in [5, 5.41) is 11.2. The van der Waals surface area contributed by atoms with Crippen LogP contribution in [0.3, 0.4) is 0 Å². The van der Waals surface area contributed by atoms with Crippen molar-refractivity contribution >= 4 is 5.91 Å². The molecule has 1 aliphatic carbocycles. The van der Waals surface area contributed by atoms with Gasteiger partial charge in [0.2, 0.25) is 11.8 Å². The molecule has 1 saturated carbocycles. The number of nitrogens with zero attached hydrogens (tertiary/aromatic N) is 3. The van der Waals surface area contributed by atoms with E-state index in [0.717, 1.165) is 32.5 Å². The van der Waals surface area contributed by atoms with Gasteiger partial charge in [-0.3, -0.25) is 9.69 Å². The number of piperidine rings is 1. The van der Waals surface area contributed by atoms with Crippen molar-refractivity contribution in [3.8, 4) is 11.7 Å². The molecule has 0 bridgehead atoms. The molecule has 2 aromatic heterocycles. The largest absolute Gasteiger partial charge is 0.459 e. The van der Waals surface area contributed by atoms with Crippen molar-refractivity contribution in [1.82, 2.24) is 20.4 Å². The summed E-state index contributed by atoms with van der Waals surface area (Å²) in [6.07, 6.45) is 6.06. The van der Waals surface area contributed by atoms with Crippen LogP contribution < -0.4 is 5.32 Å². The van der Waals surface area contributed by atoms with Crippen LogP contribution in [0.15, 0.2) is 27.2 Å². The lowest BCUT2D eigenvalue weighted by atomic mass is 9.97. The van der Waals surface area contributed by atoms with Gasteiger partial charge in [-0.05, 0) is 50.3 Å². The average Bonchev–Trinajstić information content (AvgIpc) is 3.07. The number of aromatic nitrogens is 2. The van der Waals surface area contributed by atoms with Crippen molar-refractivity contribution in [3.63, 3.8) is 0 Å². The van der Waals surface area contributed by atoms with Crippen molar-refractivity contribution in [2.45, 2.75) is 32.2 Å². The molecule has 2 aliphatic rings. The summed E-state index contributed by atoms with van der Waals surface area (Å²) in [6.45, 7) is 3.10. The summed E-state index contributed by atoms with van der Waals surface area (Å²) < 4.78 is 10.9. The number of likely N-dealkylation sites (tertiary alicyclic amines) is 1. The third kappa shape index (κ3) is 3.67. The van der Waals surface area contributed by atoms with Gasteiger partial charge in [0.15, 0.2) is 5.76 Å². The van der Waals surface area contributed by atoms with Crippen LogP contribution in [-0.2, 0) is 11.3 Å². The van der Waals surface area contributed by atoms with Crippen LogP contribution in [0.2, 0.25) is 0 Å². The van der Waals surface area contributed by atoms with E-state index >= 15 is 0 Å². The quantitative estimate of drug-likeness (QED) is 0.873. The summed E-state index contributed by atoms with van der Waals surface area (Å²) in [7, 11) is 0. The standard InChI is InChI=1S/C17H22N4O3/c22-16(18-9-12-5-6-12)13-3-1-7-21(10-13)11-15-19-20-17(24-15)14-4-2-8-23-14/h2,4,8,12-13H,1,3,5-7,9-11H2,(H,18,22)/t13-/m0/s1. The molecule has 1 saturated heterocycles. The summed E-state index contributed by atoms with van der Waals surface area (Å²) in [5.74, 6) is 2.49. The lowest BCUT2D eigenvalue weighted by molar-refractivity contribution is -0.126. The minimum Gasteiger partial charge on any atom is -0.459 e. The van der Waals surface area contributed by atoms with E-state index in [-0.39, 0.29) is 11.8 Å². The Morgan fingerprint density at radius 1 is 1.33 bits per heavy atom. The molecule has 3 heterocycles. The second-order valence-electron chi connectivity index (χ2n) is 6.74. The maximum atomic E-state index is 12.3. The van der Waals surface area contributed by atoms with Crippen LogP contribution in [0.4, 0.5) is 0 Å². The monoisotopic (exact) mass is 330 g/mol. The molecule has 2 fully saturated rings. The van der Waals surface area contributed by atoms with Gasteiger partial charge in [0.05, 0.1) is 18.7 Å². The molecule has 1 atom stereocenters. The van der Waals surface area contributed by atoms with E-state index < -0.39 is 0 Å². The summed E-state index contributed by atoms with van der Waals surface area (Å²) in [4.78, 5) is 14.5. The highest BCUT2D eigenvalue weighted by Gasteiger charge is 2.28. The van der Waals surface area contributed by atoms with Crippen LogP contribution >= 0.6 is 0 Å². The van der Waals surface area contributed by atoms with Crippen molar-refractivity contribution in [2.24, 2.45) is 11.8 Å². The van der Waals surface area contributed by atoms with Crippen molar-refractivity contribution in [2.75, 3.05) is 19.6 Å². The first-order valence-electron chi connectivity index (χ1n) is 8.64. The predicted octanol–water partition coefficient (Wildman–Crippen LogP) is 2.07. The molecular weight excluding hydrogens is 308 g/mol. The first-order valence-corrected chi connectivity index (χ1v) is 8.64. The highest BCUT2D eigenvalue weighted by Crippen LogP contribution is 2.28. The van der Waals surface area contributed by atoms with Crippen molar-refractivity contribution in [3.05, 3.63) is 24.3 Å². The molecule has 4 rings (SSSR count). The lowest BCUT2D eigenvalue weighted by Crippen LogP contribution is -2.43. The molecule has 0 aromatic carbocycles. The Kier molecular flexibility index (Phi) is 4.34. The van der Waals surface area contributed by atoms with Crippen LogP contribution in [0.1, 0.15) is 31.6 Å². The fraction of sp³-hybridized carbons (Fsp3) is 0.588. The zero-order valence-corrected chi connectivity index (χ0v) is 13.6. The van der Waals surface area contributed by atoms with Gasteiger partial charge in [-0.2, -0.15) is 0 Å². The molecular formula is C17H22N4O3. The molecule has 0 spiro atoms. The molecule has 2 aromatic rings. The summed E-state index contributed by atoms with van der Waals surface area (Å²) in [6, 6.07) is 3.58. The molecule has 128 valence electrons. The van der Waals surface area contributed by atoms with Crippen LogP contribution in [0, 0.1) is 11.8 Å². The number of carbonyl (C=O) groups is 1. The molecule has 7 nitrogen and oxygen atoms in total. The van der Waals surface area contributed by atoms with Gasteiger partial charge in [0, 0.05) is 13.1 Å². The molecule has 24 heavy (non-hydrogen) atoms. The van der Waals surface area contributed by atoms with Gasteiger partial charge in [-0.25, -0.2) is 0 Å². The molecule has 0 radical (unpaired) electrons. The summed E-state index contributed by atoms with van der Waals surface area (Å²) >= 11 is 0. The molecule has 1 aliphatic heterocycles. The van der Waals surface area contributed by atoms with Gasteiger partial charge in [-0.1, -0.05) is 0 Å². The highest BCUT2D eigenvalue weighted by molar-refractivity contribution is 5.79. The van der Waals surface area contributed by atoms with E-state index in [2.05, 4.69) is 20.4 Å². The minimum atomic E-state index is 0.0602. The Balaban J connectivity index is 1.31. The number of nitrogens with one attached hydrogen (secondary N) is 1. The number of carbonyl (C=O) groups excluding carboxylic acids is 1. The van der Waals surface area contributed by atoms with Gasteiger partial charge >= 0.3 is 0 Å². The van der Waals surface area contributed by atoms with Crippen LogP contribution in [-0.4, -0.2) is 40.6 Å². The van der Waals surface area contributed by atoms with E-state index in [1.807, 2.05) is 0 Å². The Bertz CT molecular complexity index is 678. The second kappa shape index (κ2) is 6.76. The normalized spacial score (nSPS) is 21.8. The van der Waals surface area contributed by atoms with Gasteiger partial charge in [-0.15, -0.1) is 10.2 Å². The SMILES string of the molecule is O=C(NCC1CC1)[C@H]1CCCN(Cc2nnc(-c3ccco3)o2)C1. The topological polar surface area (TPSA) is 84.4 Å². The third-order valence-corrected chi connectivity index (χ3v) is 4.70. The Hall–Kier alpha value is -2.15. The van der Waals surface area contributed by atoms with Gasteiger partial charge in [0.25, 0.3) is 5.89 Å². The fourth-order valence-corrected chi connectivity index (χ4v) is 3.13. The third-order valence-electron chi connectivity index (χ3n) is 4.70. The predicted molar refractivity (Wildman–Crippen MR) is 85.7 cm³/mol. The van der Waals surface area contributed by atoms with E-state index in [4.69, 9.17) is 8.83 Å². The Morgan fingerprint density at radius 2 is 2.25 bits per heavy atom. The van der Waals surface area contributed by atoms with E-state index in [1.165, 1.54) is 12.8 Å². The van der Waals surface area contributed by atoms with E-state index in [1.54, 1.807) is 18.4 Å². The average molecular weight is 330 g/mol. The first-order chi connectivity index (χ1) is 11.8. The van der Waals surface area contributed by atoms with Crippen LogP contribution in [0.25, 0.3) is 11.7 Å². The lowest BCUT2D eigenvalue weighted by Gasteiger charge is -2.30. The van der Waals surface area contributed by atoms with Crippen molar-refractivity contribution < 1.29 is 13.6 Å². The highest BCUT2D eigenvalue weighted by atomic mass is 16.4. The van der Waals surface area contributed by atoms with Gasteiger partial charge < -0.3 is 14.2 Å². The minimum absolute atomic E-state index is 0.0602. The second-order valence-corrected chi connectivity index (χ2v) is 6.74. The van der Waals surface area contributed by atoms with E-state index in [0.29, 0.717) is 30.0 Å². The smallest absolute Gasteiger partial charge is 0.283 e. The van der Waals surface area contributed by atoms with E-state index in [9.17, 15) is 4.79 Å². The summed E-state index contributed by atoms with van der Waals surface area (Å²) in [5.41, 5.74) is 0. The zero-order valence-electron chi connectivity index (χ0n) is 13.6.